The van der Waals surface area contributed by atoms with Gasteiger partial charge in [-0.05, 0) is 37.6 Å². The van der Waals surface area contributed by atoms with Crippen LogP contribution in [-0.2, 0) is 4.79 Å². The molecule has 0 spiro atoms. The lowest BCUT2D eigenvalue weighted by Gasteiger charge is -2.22. The minimum Gasteiger partial charge on any atom is -0.354 e. The normalized spacial score (nSPS) is 36.5. The van der Waals surface area contributed by atoms with E-state index < -0.39 is 0 Å². The Bertz CT molecular complexity index is 211. The number of amides is 1. The molecule has 0 aromatic heterocycles. The molecule has 80 valence electrons. The van der Waals surface area contributed by atoms with Crippen LogP contribution >= 0.6 is 0 Å². The molecule has 1 aliphatic heterocycles. The second-order valence-electron chi connectivity index (χ2n) is 4.72. The molecule has 0 radical (unpaired) electrons. The van der Waals surface area contributed by atoms with Crippen molar-refractivity contribution >= 4 is 5.91 Å². The van der Waals surface area contributed by atoms with Crippen LogP contribution in [0, 0.1) is 11.8 Å². The Balaban J connectivity index is 1.66. The molecule has 2 N–H and O–H groups in total. The Morgan fingerprint density at radius 2 is 2.29 bits per heavy atom. The largest absolute Gasteiger partial charge is 0.354 e. The molecule has 0 aromatic rings. The fourth-order valence-electron chi connectivity index (χ4n) is 2.11. The lowest BCUT2D eigenvalue weighted by molar-refractivity contribution is -0.123. The van der Waals surface area contributed by atoms with Gasteiger partial charge in [0.05, 0.1) is 6.04 Å². The molecule has 1 saturated heterocycles. The topological polar surface area (TPSA) is 41.1 Å². The predicted molar refractivity (Wildman–Crippen MR) is 55.9 cm³/mol. The van der Waals surface area contributed by atoms with Crippen molar-refractivity contribution in [3.8, 4) is 0 Å². The van der Waals surface area contributed by atoms with Gasteiger partial charge < -0.3 is 10.6 Å². The van der Waals surface area contributed by atoms with Crippen LogP contribution < -0.4 is 10.6 Å². The monoisotopic (exact) mass is 196 g/mol. The summed E-state index contributed by atoms with van der Waals surface area (Å²) in [5.41, 5.74) is 0. The van der Waals surface area contributed by atoms with Gasteiger partial charge in [0, 0.05) is 6.54 Å². The van der Waals surface area contributed by atoms with Gasteiger partial charge in [-0.3, -0.25) is 4.79 Å². The van der Waals surface area contributed by atoms with E-state index >= 15 is 0 Å². The summed E-state index contributed by atoms with van der Waals surface area (Å²) in [5, 5.41) is 6.31. The van der Waals surface area contributed by atoms with Crippen molar-refractivity contribution < 1.29 is 4.79 Å². The molecule has 2 fully saturated rings. The van der Waals surface area contributed by atoms with Gasteiger partial charge in [0.1, 0.15) is 0 Å². The summed E-state index contributed by atoms with van der Waals surface area (Å²) in [6.07, 6.45) is 4.69. The van der Waals surface area contributed by atoms with E-state index in [0.29, 0.717) is 0 Å². The minimum atomic E-state index is 0.0813. The van der Waals surface area contributed by atoms with Gasteiger partial charge >= 0.3 is 0 Å². The fourth-order valence-corrected chi connectivity index (χ4v) is 2.11. The van der Waals surface area contributed by atoms with Crippen molar-refractivity contribution in [2.75, 3.05) is 13.1 Å². The van der Waals surface area contributed by atoms with Crippen molar-refractivity contribution in [3.63, 3.8) is 0 Å². The zero-order valence-corrected chi connectivity index (χ0v) is 8.88. The van der Waals surface area contributed by atoms with Crippen molar-refractivity contribution in [2.45, 2.75) is 38.6 Å². The highest BCUT2D eigenvalue weighted by molar-refractivity contribution is 5.81. The van der Waals surface area contributed by atoms with Crippen LogP contribution in [0.4, 0.5) is 0 Å². The van der Waals surface area contributed by atoms with Crippen LogP contribution in [-0.4, -0.2) is 25.0 Å². The molecule has 2 rings (SSSR count). The number of carbonyl (C=O) groups is 1. The fraction of sp³-hybridized carbons (Fsp3) is 0.909. The molecule has 0 bridgehead atoms. The number of carbonyl (C=O) groups excluding carboxylic acids is 1. The maximum absolute atomic E-state index is 11.7. The first-order valence-electron chi connectivity index (χ1n) is 5.78. The first-order chi connectivity index (χ1) is 6.77. The molecule has 3 atom stereocenters. The summed E-state index contributed by atoms with van der Waals surface area (Å²) >= 11 is 0. The summed E-state index contributed by atoms with van der Waals surface area (Å²) < 4.78 is 0. The van der Waals surface area contributed by atoms with Gasteiger partial charge in [0.15, 0.2) is 0 Å². The van der Waals surface area contributed by atoms with Gasteiger partial charge in [0.2, 0.25) is 5.91 Å². The van der Waals surface area contributed by atoms with E-state index in [1.54, 1.807) is 0 Å². The molecule has 3 unspecified atom stereocenters. The third-order valence-electron chi connectivity index (χ3n) is 3.44. The molecule has 1 heterocycles. The highest BCUT2D eigenvalue weighted by Crippen LogP contribution is 2.36. The SMILES string of the molecule is CC1CC1CNC(=O)C1CCCCN1. The molecule has 2 aliphatic rings. The van der Waals surface area contributed by atoms with Gasteiger partial charge in [-0.25, -0.2) is 0 Å². The van der Waals surface area contributed by atoms with Gasteiger partial charge in [0.25, 0.3) is 0 Å². The van der Waals surface area contributed by atoms with Crippen LogP contribution in [0.2, 0.25) is 0 Å². The molecule has 0 aromatic carbocycles. The maximum atomic E-state index is 11.7. The molecule has 1 saturated carbocycles. The smallest absolute Gasteiger partial charge is 0.237 e. The number of nitrogens with one attached hydrogen (secondary N) is 2. The molecular weight excluding hydrogens is 176 g/mol. The number of rotatable bonds is 3. The average molecular weight is 196 g/mol. The Morgan fingerprint density at radius 1 is 1.50 bits per heavy atom. The first-order valence-corrected chi connectivity index (χ1v) is 5.78. The van der Waals surface area contributed by atoms with E-state index in [2.05, 4.69) is 17.6 Å². The van der Waals surface area contributed by atoms with Crippen molar-refractivity contribution in [1.82, 2.24) is 10.6 Å². The van der Waals surface area contributed by atoms with Crippen LogP contribution in [0.5, 0.6) is 0 Å². The van der Waals surface area contributed by atoms with Crippen molar-refractivity contribution in [1.29, 1.82) is 0 Å². The van der Waals surface area contributed by atoms with E-state index in [1.165, 1.54) is 19.3 Å². The van der Waals surface area contributed by atoms with E-state index in [4.69, 9.17) is 0 Å². The molecule has 14 heavy (non-hydrogen) atoms. The Kier molecular flexibility index (Phi) is 3.06. The third-order valence-corrected chi connectivity index (χ3v) is 3.44. The molecule has 3 nitrogen and oxygen atoms in total. The first kappa shape index (κ1) is 9.97. The Hall–Kier alpha value is -0.570. The highest BCUT2D eigenvalue weighted by atomic mass is 16.2. The zero-order valence-electron chi connectivity index (χ0n) is 8.88. The van der Waals surface area contributed by atoms with Crippen LogP contribution in [0.3, 0.4) is 0 Å². The summed E-state index contributed by atoms with van der Waals surface area (Å²) in [7, 11) is 0. The van der Waals surface area contributed by atoms with E-state index in [9.17, 15) is 4.79 Å². The standard InChI is InChI=1S/C11H20N2O/c1-8-6-9(8)7-13-11(14)10-4-2-3-5-12-10/h8-10,12H,2-7H2,1H3,(H,13,14). The Labute approximate surface area is 85.6 Å². The second-order valence-corrected chi connectivity index (χ2v) is 4.72. The van der Waals surface area contributed by atoms with Crippen molar-refractivity contribution in [2.24, 2.45) is 11.8 Å². The highest BCUT2D eigenvalue weighted by Gasteiger charge is 2.33. The maximum Gasteiger partial charge on any atom is 0.237 e. The third kappa shape index (κ3) is 2.47. The van der Waals surface area contributed by atoms with E-state index in [1.807, 2.05) is 0 Å². The zero-order chi connectivity index (χ0) is 9.97. The van der Waals surface area contributed by atoms with E-state index in [-0.39, 0.29) is 11.9 Å². The van der Waals surface area contributed by atoms with Gasteiger partial charge in [-0.2, -0.15) is 0 Å². The molecule has 1 aliphatic carbocycles. The van der Waals surface area contributed by atoms with E-state index in [0.717, 1.165) is 31.3 Å². The Morgan fingerprint density at radius 3 is 2.86 bits per heavy atom. The quantitative estimate of drug-likeness (QED) is 0.704. The number of hydrogen-bond acceptors (Lipinski definition) is 2. The summed E-state index contributed by atoms with van der Waals surface area (Å²) in [4.78, 5) is 11.7. The minimum absolute atomic E-state index is 0.0813. The molecule has 1 amide bonds. The van der Waals surface area contributed by atoms with Crippen LogP contribution in [0.15, 0.2) is 0 Å². The summed E-state index contributed by atoms with van der Waals surface area (Å²) in [6, 6.07) is 0.0813. The predicted octanol–water partition coefficient (Wildman–Crippen LogP) is 0.901. The van der Waals surface area contributed by atoms with Crippen molar-refractivity contribution in [3.05, 3.63) is 0 Å². The second kappa shape index (κ2) is 4.30. The van der Waals surface area contributed by atoms with Crippen LogP contribution in [0.25, 0.3) is 0 Å². The average Bonchev–Trinajstić information content (AvgIpc) is 2.92. The van der Waals surface area contributed by atoms with Gasteiger partial charge in [-0.1, -0.05) is 13.3 Å². The summed E-state index contributed by atoms with van der Waals surface area (Å²) in [6.45, 7) is 4.13. The summed E-state index contributed by atoms with van der Waals surface area (Å²) in [5.74, 6) is 1.79. The molecule has 3 heteroatoms. The van der Waals surface area contributed by atoms with Crippen LogP contribution in [0.1, 0.15) is 32.6 Å². The lowest BCUT2D eigenvalue weighted by Crippen LogP contribution is -2.47. The number of hydrogen-bond donors (Lipinski definition) is 2. The number of piperidine rings is 1. The lowest BCUT2D eigenvalue weighted by atomic mass is 10.0. The molecular formula is C11H20N2O. The van der Waals surface area contributed by atoms with Gasteiger partial charge in [-0.15, -0.1) is 0 Å².